The first-order chi connectivity index (χ1) is 16.9. The van der Waals surface area contributed by atoms with Crippen molar-refractivity contribution in [2.45, 2.75) is 37.7 Å². The second-order valence-corrected chi connectivity index (χ2v) is 9.63. The van der Waals surface area contributed by atoms with Crippen LogP contribution in [0, 0.1) is 0 Å². The molecule has 1 aromatic heterocycles. The van der Waals surface area contributed by atoms with Crippen molar-refractivity contribution in [1.29, 1.82) is 0 Å². The topological polar surface area (TPSA) is 111 Å². The fraction of sp³-hybridized carbons (Fsp3) is 0.520. The van der Waals surface area contributed by atoms with Gasteiger partial charge in [-0.3, -0.25) is 9.59 Å². The molecular formula is C25H33ClN6O3. The summed E-state index contributed by atoms with van der Waals surface area (Å²) in [5.74, 6) is 0.710. The van der Waals surface area contributed by atoms with Crippen LogP contribution < -0.4 is 15.5 Å². The molecule has 2 amide bonds. The van der Waals surface area contributed by atoms with Gasteiger partial charge in [0.05, 0.1) is 17.7 Å². The molecule has 2 heterocycles. The van der Waals surface area contributed by atoms with Gasteiger partial charge >= 0.3 is 0 Å². The van der Waals surface area contributed by atoms with E-state index in [1.54, 1.807) is 19.2 Å². The molecule has 9 nitrogen and oxygen atoms in total. The van der Waals surface area contributed by atoms with E-state index in [9.17, 15) is 14.7 Å². The van der Waals surface area contributed by atoms with Crippen LogP contribution in [-0.2, 0) is 9.59 Å². The molecule has 2 aromatic rings. The highest BCUT2D eigenvalue weighted by Crippen LogP contribution is 2.42. The molecule has 3 N–H and O–H groups in total. The van der Waals surface area contributed by atoms with E-state index >= 15 is 0 Å². The average Bonchev–Trinajstić information content (AvgIpc) is 3.17. The second kappa shape index (κ2) is 11.3. The summed E-state index contributed by atoms with van der Waals surface area (Å²) in [6, 6.07) is 7.37. The number of aromatic nitrogens is 2. The average molecular weight is 501 g/mol. The van der Waals surface area contributed by atoms with Crippen LogP contribution in [0.1, 0.15) is 54.5 Å². The standard InChI is InChI=1S/C25H33ClN6O3/c1-16-13-20(33)23-22(16)24(30-15-29-23)31-9-11-32(12-10-31)25(35)19(14-28-8-7-21(34)27-2)17-3-5-18(26)6-4-17/h3-6,15-16,19-20,28,33H,7-14H2,1-2H3,(H,27,34)/t16-,19-,20-/m1/s1. The van der Waals surface area contributed by atoms with Crippen molar-refractivity contribution in [3.63, 3.8) is 0 Å². The summed E-state index contributed by atoms with van der Waals surface area (Å²) < 4.78 is 0. The highest BCUT2D eigenvalue weighted by Gasteiger charge is 2.35. The molecule has 0 bridgehead atoms. The molecule has 0 spiro atoms. The van der Waals surface area contributed by atoms with Crippen molar-refractivity contribution in [3.8, 4) is 0 Å². The lowest BCUT2D eigenvalue weighted by atomic mass is 9.97. The largest absolute Gasteiger partial charge is 0.387 e. The molecule has 1 aliphatic heterocycles. The number of nitrogens with zero attached hydrogens (tertiary/aromatic N) is 4. The SMILES string of the molecule is CNC(=O)CCNC[C@@H](C(=O)N1CCN(c2ncnc3c2[C@H](C)C[C@H]3O)CC1)c1ccc(Cl)cc1. The summed E-state index contributed by atoms with van der Waals surface area (Å²) in [6.07, 6.45) is 2.00. The summed E-state index contributed by atoms with van der Waals surface area (Å²) in [5.41, 5.74) is 2.65. The molecule has 1 saturated heterocycles. The molecule has 188 valence electrons. The Bertz CT molecular complexity index is 1040. The van der Waals surface area contributed by atoms with Crippen LogP contribution in [0.25, 0.3) is 0 Å². The number of carbonyl (C=O) groups is 2. The van der Waals surface area contributed by atoms with Gasteiger partial charge in [-0.05, 0) is 30.0 Å². The maximum atomic E-state index is 13.6. The number of rotatable bonds is 8. The fourth-order valence-electron chi connectivity index (χ4n) is 4.93. The van der Waals surface area contributed by atoms with Gasteiger partial charge in [-0.1, -0.05) is 30.7 Å². The number of anilines is 1. The molecule has 1 fully saturated rings. The highest BCUT2D eigenvalue weighted by molar-refractivity contribution is 6.30. The van der Waals surface area contributed by atoms with E-state index < -0.39 is 6.10 Å². The zero-order valence-electron chi connectivity index (χ0n) is 20.2. The number of hydrogen-bond donors (Lipinski definition) is 3. The van der Waals surface area contributed by atoms with Crippen LogP contribution >= 0.6 is 11.6 Å². The summed E-state index contributed by atoms with van der Waals surface area (Å²) >= 11 is 6.07. The minimum atomic E-state index is -0.541. The van der Waals surface area contributed by atoms with Crippen molar-refractivity contribution in [2.75, 3.05) is 51.2 Å². The van der Waals surface area contributed by atoms with E-state index in [4.69, 9.17) is 11.6 Å². The third-order valence-corrected chi connectivity index (χ3v) is 7.15. The van der Waals surface area contributed by atoms with Crippen LogP contribution in [0.4, 0.5) is 5.82 Å². The Balaban J connectivity index is 1.43. The van der Waals surface area contributed by atoms with E-state index in [1.807, 2.05) is 17.0 Å². The Labute approximate surface area is 210 Å². The molecule has 35 heavy (non-hydrogen) atoms. The first-order valence-electron chi connectivity index (χ1n) is 12.1. The Morgan fingerprint density at radius 1 is 1.17 bits per heavy atom. The Hall–Kier alpha value is -2.75. The van der Waals surface area contributed by atoms with E-state index in [0.717, 1.165) is 22.6 Å². The van der Waals surface area contributed by atoms with E-state index in [-0.39, 0.29) is 23.7 Å². The number of piperazine rings is 1. The minimum absolute atomic E-state index is 0.0407. The van der Waals surface area contributed by atoms with Crippen LogP contribution in [-0.4, -0.2) is 78.1 Å². The predicted molar refractivity (Wildman–Crippen MR) is 135 cm³/mol. The number of fused-ring (bicyclic) bond motifs is 1. The first-order valence-corrected chi connectivity index (χ1v) is 12.5. The molecule has 0 unspecified atom stereocenters. The maximum Gasteiger partial charge on any atom is 0.231 e. The minimum Gasteiger partial charge on any atom is -0.387 e. The van der Waals surface area contributed by atoms with Gasteiger partial charge in [-0.2, -0.15) is 0 Å². The van der Waals surface area contributed by atoms with Crippen molar-refractivity contribution in [2.24, 2.45) is 0 Å². The third-order valence-electron chi connectivity index (χ3n) is 6.90. The Morgan fingerprint density at radius 2 is 1.89 bits per heavy atom. The van der Waals surface area contributed by atoms with Gasteiger partial charge in [0, 0.05) is 63.3 Å². The first kappa shape index (κ1) is 25.3. The quantitative estimate of drug-likeness (QED) is 0.474. The smallest absolute Gasteiger partial charge is 0.231 e. The summed E-state index contributed by atoms with van der Waals surface area (Å²) in [6.45, 7) is 5.51. The van der Waals surface area contributed by atoms with Crippen LogP contribution in [0.2, 0.25) is 5.02 Å². The van der Waals surface area contributed by atoms with Crippen molar-refractivity contribution in [3.05, 3.63) is 52.4 Å². The Kier molecular flexibility index (Phi) is 8.20. The van der Waals surface area contributed by atoms with Crippen molar-refractivity contribution in [1.82, 2.24) is 25.5 Å². The van der Waals surface area contributed by atoms with Crippen molar-refractivity contribution >= 4 is 29.2 Å². The lowest BCUT2D eigenvalue weighted by Gasteiger charge is -2.38. The number of carbonyl (C=O) groups excluding carboxylic acids is 2. The molecule has 1 aliphatic carbocycles. The van der Waals surface area contributed by atoms with E-state index in [0.29, 0.717) is 57.1 Å². The van der Waals surface area contributed by atoms with Gasteiger partial charge in [0.1, 0.15) is 12.1 Å². The number of hydrogen-bond acceptors (Lipinski definition) is 7. The van der Waals surface area contributed by atoms with Crippen molar-refractivity contribution < 1.29 is 14.7 Å². The number of halogens is 1. The number of aliphatic hydroxyl groups excluding tert-OH is 1. The molecule has 0 radical (unpaired) electrons. The second-order valence-electron chi connectivity index (χ2n) is 9.19. The van der Waals surface area contributed by atoms with E-state index in [1.165, 1.54) is 6.33 Å². The highest BCUT2D eigenvalue weighted by atomic mass is 35.5. The molecule has 0 saturated carbocycles. The zero-order valence-corrected chi connectivity index (χ0v) is 21.0. The van der Waals surface area contributed by atoms with Gasteiger partial charge in [0.2, 0.25) is 11.8 Å². The summed E-state index contributed by atoms with van der Waals surface area (Å²) in [4.78, 5) is 38.1. The number of amides is 2. The molecular weight excluding hydrogens is 468 g/mol. The lowest BCUT2D eigenvalue weighted by Crippen LogP contribution is -2.51. The summed E-state index contributed by atoms with van der Waals surface area (Å²) in [5, 5.41) is 16.8. The number of nitrogens with one attached hydrogen (secondary N) is 2. The monoisotopic (exact) mass is 500 g/mol. The van der Waals surface area contributed by atoms with Gasteiger partial charge in [0.15, 0.2) is 0 Å². The fourth-order valence-corrected chi connectivity index (χ4v) is 5.06. The van der Waals surface area contributed by atoms with Crippen LogP contribution in [0.15, 0.2) is 30.6 Å². The molecule has 2 aliphatic rings. The van der Waals surface area contributed by atoms with Crippen LogP contribution in [0.3, 0.4) is 0 Å². The van der Waals surface area contributed by atoms with E-state index in [2.05, 4.69) is 32.4 Å². The van der Waals surface area contributed by atoms with Gasteiger partial charge in [-0.15, -0.1) is 0 Å². The zero-order chi connectivity index (χ0) is 24.9. The van der Waals surface area contributed by atoms with Gasteiger partial charge < -0.3 is 25.5 Å². The van der Waals surface area contributed by atoms with Gasteiger partial charge in [-0.25, -0.2) is 9.97 Å². The summed E-state index contributed by atoms with van der Waals surface area (Å²) in [7, 11) is 1.61. The normalized spacial score (nSPS) is 20.5. The molecule has 1 aromatic carbocycles. The predicted octanol–water partition coefficient (Wildman–Crippen LogP) is 1.83. The molecule has 3 atom stereocenters. The van der Waals surface area contributed by atoms with Crippen LogP contribution in [0.5, 0.6) is 0 Å². The van der Waals surface area contributed by atoms with Gasteiger partial charge in [0.25, 0.3) is 0 Å². The molecule has 4 rings (SSSR count). The third kappa shape index (κ3) is 5.74. The number of aliphatic hydroxyl groups is 1. The molecule has 10 heteroatoms. The Morgan fingerprint density at radius 3 is 2.57 bits per heavy atom. The number of benzene rings is 1. The maximum absolute atomic E-state index is 13.6. The lowest BCUT2D eigenvalue weighted by molar-refractivity contribution is -0.133.